The average Bonchev–Trinajstić information content (AvgIpc) is 2.42. The van der Waals surface area contributed by atoms with Crippen LogP contribution in [0.4, 0.5) is 0 Å². The Kier molecular flexibility index (Phi) is 2.19. The van der Waals surface area contributed by atoms with E-state index in [-0.39, 0.29) is 0 Å². The molecule has 2 aromatic rings. The van der Waals surface area contributed by atoms with Crippen LogP contribution < -0.4 is 0 Å². The predicted molar refractivity (Wildman–Crippen MR) is 62.2 cm³/mol. The number of benzene rings is 1. The summed E-state index contributed by atoms with van der Waals surface area (Å²) >= 11 is 5.30. The third-order valence-corrected chi connectivity index (χ3v) is 2.75. The molecule has 0 aliphatic carbocycles. The third-order valence-electron chi connectivity index (χ3n) is 2.46. The van der Waals surface area contributed by atoms with Crippen molar-refractivity contribution in [2.75, 3.05) is 0 Å². The first-order chi connectivity index (χ1) is 6.61. The highest BCUT2D eigenvalue weighted by molar-refractivity contribution is 7.71. The summed E-state index contributed by atoms with van der Waals surface area (Å²) in [6.07, 6.45) is 0. The monoisotopic (exact) mass is 206 g/mol. The summed E-state index contributed by atoms with van der Waals surface area (Å²) in [5, 5.41) is 0. The number of hydrogen-bond donors (Lipinski definition) is 1. The van der Waals surface area contributed by atoms with E-state index in [1.807, 2.05) is 6.07 Å². The Bertz CT molecular complexity index is 520. The number of H-pyrrole nitrogens is 1. The molecule has 0 saturated heterocycles. The van der Waals surface area contributed by atoms with Crippen LogP contribution >= 0.6 is 12.2 Å². The first-order valence-corrected chi connectivity index (χ1v) is 5.22. The van der Waals surface area contributed by atoms with Gasteiger partial charge in [-0.2, -0.15) is 0 Å². The van der Waals surface area contributed by atoms with Crippen LogP contribution in [-0.2, 0) is 0 Å². The maximum Gasteiger partial charge on any atom is 0.178 e. The molecule has 1 N–H and O–H groups in total. The van der Waals surface area contributed by atoms with Crippen molar-refractivity contribution < 1.29 is 0 Å². The smallest absolute Gasteiger partial charge is 0.178 e. The average molecular weight is 206 g/mol. The van der Waals surface area contributed by atoms with Gasteiger partial charge < -0.3 is 9.55 Å². The van der Waals surface area contributed by atoms with E-state index in [0.29, 0.717) is 6.04 Å². The molecular weight excluding hydrogens is 192 g/mol. The summed E-state index contributed by atoms with van der Waals surface area (Å²) in [5.41, 5.74) is 3.62. The van der Waals surface area contributed by atoms with Gasteiger partial charge in [-0.25, -0.2) is 0 Å². The first kappa shape index (κ1) is 9.46. The quantitative estimate of drug-likeness (QED) is 0.707. The van der Waals surface area contributed by atoms with Gasteiger partial charge in [0.1, 0.15) is 0 Å². The summed E-state index contributed by atoms with van der Waals surface area (Å²) in [6, 6.07) is 6.63. The minimum atomic E-state index is 0.400. The molecule has 0 amide bonds. The van der Waals surface area contributed by atoms with E-state index < -0.39 is 0 Å². The zero-order valence-corrected chi connectivity index (χ0v) is 9.48. The molecule has 0 fully saturated rings. The number of rotatable bonds is 1. The Labute approximate surface area is 88.6 Å². The van der Waals surface area contributed by atoms with Gasteiger partial charge in [-0.05, 0) is 44.6 Å². The number of aromatic nitrogens is 2. The highest BCUT2D eigenvalue weighted by Gasteiger charge is 2.08. The SMILES string of the molecule is Cc1cccc2[nH]c(=S)n(C(C)C)c12. The molecule has 0 unspecified atom stereocenters. The summed E-state index contributed by atoms with van der Waals surface area (Å²) < 4.78 is 2.98. The van der Waals surface area contributed by atoms with Gasteiger partial charge >= 0.3 is 0 Å². The van der Waals surface area contributed by atoms with Crippen LogP contribution in [0.2, 0.25) is 0 Å². The van der Waals surface area contributed by atoms with E-state index in [2.05, 4.69) is 42.5 Å². The van der Waals surface area contributed by atoms with E-state index in [1.54, 1.807) is 0 Å². The van der Waals surface area contributed by atoms with Crippen LogP contribution in [0.15, 0.2) is 18.2 Å². The second kappa shape index (κ2) is 3.24. The highest BCUT2D eigenvalue weighted by Crippen LogP contribution is 2.21. The predicted octanol–water partition coefficient (Wildman–Crippen LogP) is 3.59. The molecule has 0 spiro atoms. The molecule has 2 nitrogen and oxygen atoms in total. The highest BCUT2D eigenvalue weighted by atomic mass is 32.1. The second-order valence-electron chi connectivity index (χ2n) is 3.86. The van der Waals surface area contributed by atoms with Crippen LogP contribution in [0.5, 0.6) is 0 Å². The first-order valence-electron chi connectivity index (χ1n) is 4.81. The molecule has 0 aliphatic heterocycles. The lowest BCUT2D eigenvalue weighted by atomic mass is 10.2. The Morgan fingerprint density at radius 3 is 2.71 bits per heavy atom. The lowest BCUT2D eigenvalue weighted by molar-refractivity contribution is 0.609. The van der Waals surface area contributed by atoms with Gasteiger partial charge in [-0.3, -0.25) is 0 Å². The molecule has 1 aromatic carbocycles. The Balaban J connectivity index is 2.94. The number of nitrogens with one attached hydrogen (secondary N) is 1. The number of imidazole rings is 1. The molecule has 0 bridgehead atoms. The van der Waals surface area contributed by atoms with Crippen molar-refractivity contribution in [1.29, 1.82) is 0 Å². The van der Waals surface area contributed by atoms with Crippen molar-refractivity contribution >= 4 is 23.3 Å². The molecule has 0 radical (unpaired) electrons. The van der Waals surface area contributed by atoms with Crippen LogP contribution in [-0.4, -0.2) is 9.55 Å². The van der Waals surface area contributed by atoms with E-state index in [0.717, 1.165) is 10.3 Å². The van der Waals surface area contributed by atoms with Gasteiger partial charge in [0.05, 0.1) is 11.0 Å². The van der Waals surface area contributed by atoms with Gasteiger partial charge in [0.15, 0.2) is 4.77 Å². The summed E-state index contributed by atoms with van der Waals surface area (Å²) in [5.74, 6) is 0. The van der Waals surface area contributed by atoms with Crippen LogP contribution in [0.1, 0.15) is 25.5 Å². The molecule has 0 saturated carbocycles. The molecule has 3 heteroatoms. The molecule has 1 aromatic heterocycles. The maximum atomic E-state index is 5.30. The van der Waals surface area contributed by atoms with Gasteiger partial charge in [0.2, 0.25) is 0 Å². The molecule has 2 rings (SSSR count). The third kappa shape index (κ3) is 1.28. The van der Waals surface area contributed by atoms with Crippen molar-refractivity contribution in [2.45, 2.75) is 26.8 Å². The minimum Gasteiger partial charge on any atom is -0.331 e. The van der Waals surface area contributed by atoms with E-state index in [9.17, 15) is 0 Å². The molecule has 1 heterocycles. The van der Waals surface area contributed by atoms with Crippen molar-refractivity contribution in [3.05, 3.63) is 28.5 Å². The zero-order valence-electron chi connectivity index (χ0n) is 8.66. The largest absolute Gasteiger partial charge is 0.331 e. The van der Waals surface area contributed by atoms with Crippen molar-refractivity contribution in [3.63, 3.8) is 0 Å². The van der Waals surface area contributed by atoms with Gasteiger partial charge in [-0.1, -0.05) is 12.1 Å². The van der Waals surface area contributed by atoms with Crippen molar-refractivity contribution in [3.8, 4) is 0 Å². The fourth-order valence-corrected chi connectivity index (χ4v) is 2.26. The zero-order chi connectivity index (χ0) is 10.3. The summed E-state index contributed by atoms with van der Waals surface area (Å²) in [4.78, 5) is 3.23. The van der Waals surface area contributed by atoms with Gasteiger partial charge in [0, 0.05) is 6.04 Å². The molecule has 14 heavy (non-hydrogen) atoms. The maximum absolute atomic E-state index is 5.30. The molecule has 0 atom stereocenters. The molecule has 0 aliphatic rings. The lowest BCUT2D eigenvalue weighted by Gasteiger charge is -2.09. The van der Waals surface area contributed by atoms with Crippen LogP contribution in [0.25, 0.3) is 11.0 Å². The second-order valence-corrected chi connectivity index (χ2v) is 4.25. The fourth-order valence-electron chi connectivity index (χ4n) is 1.85. The van der Waals surface area contributed by atoms with Gasteiger partial charge in [0.25, 0.3) is 0 Å². The minimum absolute atomic E-state index is 0.400. The van der Waals surface area contributed by atoms with Crippen LogP contribution in [0, 0.1) is 11.7 Å². The lowest BCUT2D eigenvalue weighted by Crippen LogP contribution is -2.01. The number of hydrogen-bond acceptors (Lipinski definition) is 1. The van der Waals surface area contributed by atoms with Crippen molar-refractivity contribution in [1.82, 2.24) is 9.55 Å². The van der Waals surface area contributed by atoms with E-state index in [4.69, 9.17) is 12.2 Å². The molecular formula is C11H14N2S. The van der Waals surface area contributed by atoms with Gasteiger partial charge in [-0.15, -0.1) is 0 Å². The van der Waals surface area contributed by atoms with Crippen LogP contribution in [0.3, 0.4) is 0 Å². The standard InChI is InChI=1S/C11H14N2S/c1-7(2)13-10-8(3)5-4-6-9(10)12-11(13)14/h4-7H,1-3H3,(H,12,14). The summed E-state index contributed by atoms with van der Waals surface area (Å²) in [6.45, 7) is 6.41. The number of para-hydroxylation sites is 1. The Morgan fingerprint density at radius 1 is 1.36 bits per heavy atom. The van der Waals surface area contributed by atoms with E-state index in [1.165, 1.54) is 11.1 Å². The van der Waals surface area contributed by atoms with E-state index >= 15 is 0 Å². The van der Waals surface area contributed by atoms with Crippen molar-refractivity contribution in [2.24, 2.45) is 0 Å². The number of aromatic amines is 1. The topological polar surface area (TPSA) is 20.7 Å². The number of nitrogens with zero attached hydrogens (tertiary/aromatic N) is 1. The Hall–Kier alpha value is -1.09. The summed E-state index contributed by atoms with van der Waals surface area (Å²) in [7, 11) is 0. The normalized spacial score (nSPS) is 11.4. The molecule has 74 valence electrons. The fraction of sp³-hybridized carbons (Fsp3) is 0.364. The Morgan fingerprint density at radius 2 is 2.07 bits per heavy atom. The number of aryl methyl sites for hydroxylation is 1. The number of fused-ring (bicyclic) bond motifs is 1.